The Morgan fingerprint density at radius 2 is 2.05 bits per heavy atom. The van der Waals surface area contributed by atoms with E-state index < -0.39 is 0 Å². The minimum Gasteiger partial charge on any atom is -0.333 e. The zero-order chi connectivity index (χ0) is 13.1. The van der Waals surface area contributed by atoms with Gasteiger partial charge >= 0.3 is 0 Å². The van der Waals surface area contributed by atoms with E-state index in [4.69, 9.17) is 0 Å². The second-order valence-corrected chi connectivity index (χ2v) is 6.09. The van der Waals surface area contributed by atoms with Crippen molar-refractivity contribution in [2.75, 3.05) is 26.2 Å². The number of aromatic nitrogens is 2. The molecule has 0 aliphatic carbocycles. The topological polar surface area (TPSA) is 33.1 Å². The van der Waals surface area contributed by atoms with Crippen LogP contribution in [0.3, 0.4) is 0 Å². The molecule has 4 heteroatoms. The maximum atomic E-state index is 4.40. The molecule has 3 heterocycles. The van der Waals surface area contributed by atoms with Crippen molar-refractivity contribution in [1.82, 2.24) is 19.8 Å². The number of hydrogen-bond acceptors (Lipinski definition) is 3. The highest BCUT2D eigenvalue weighted by Crippen LogP contribution is 2.25. The average Bonchev–Trinajstić information content (AvgIpc) is 3.11. The highest BCUT2D eigenvalue weighted by molar-refractivity contribution is 5.08. The van der Waals surface area contributed by atoms with E-state index in [9.17, 15) is 0 Å². The fraction of sp³-hybridized carbons (Fsp3) is 0.800. The van der Waals surface area contributed by atoms with Crippen LogP contribution in [0.4, 0.5) is 0 Å². The summed E-state index contributed by atoms with van der Waals surface area (Å²) in [6.45, 7) is 8.31. The second kappa shape index (κ2) is 6.06. The summed E-state index contributed by atoms with van der Waals surface area (Å²) in [7, 11) is 0. The van der Waals surface area contributed by atoms with E-state index >= 15 is 0 Å². The van der Waals surface area contributed by atoms with Gasteiger partial charge < -0.3 is 9.88 Å². The first kappa shape index (κ1) is 13.1. The minimum atomic E-state index is 0.636. The van der Waals surface area contributed by atoms with Gasteiger partial charge in [-0.3, -0.25) is 4.90 Å². The third-order valence-corrected chi connectivity index (χ3v) is 4.73. The number of nitrogens with one attached hydrogen (secondary N) is 1. The number of nitrogens with zero attached hydrogens (tertiary/aromatic N) is 3. The predicted molar refractivity (Wildman–Crippen MR) is 77.3 cm³/mol. The standard InChI is InChI=1S/C15H26N4/c1-13(18-8-2-3-9-18)11-19-12-17-10-15(19)14-4-6-16-7-5-14/h10,12-14,16H,2-9,11H2,1H3. The van der Waals surface area contributed by atoms with Crippen molar-refractivity contribution >= 4 is 0 Å². The molecule has 0 saturated carbocycles. The van der Waals surface area contributed by atoms with E-state index in [2.05, 4.69) is 32.9 Å². The molecule has 2 saturated heterocycles. The molecule has 3 rings (SSSR count). The zero-order valence-electron chi connectivity index (χ0n) is 12.0. The molecule has 19 heavy (non-hydrogen) atoms. The molecule has 1 aromatic heterocycles. The molecule has 2 aliphatic rings. The first-order chi connectivity index (χ1) is 9.34. The molecule has 106 valence electrons. The van der Waals surface area contributed by atoms with Crippen LogP contribution in [-0.4, -0.2) is 46.7 Å². The summed E-state index contributed by atoms with van der Waals surface area (Å²) in [5, 5.41) is 3.44. The van der Waals surface area contributed by atoms with Crippen LogP contribution in [0.2, 0.25) is 0 Å². The molecule has 0 bridgehead atoms. The molecular formula is C15H26N4. The van der Waals surface area contributed by atoms with Crippen molar-refractivity contribution in [3.63, 3.8) is 0 Å². The summed E-state index contributed by atoms with van der Waals surface area (Å²) in [6.07, 6.45) is 9.37. The van der Waals surface area contributed by atoms with Crippen molar-refractivity contribution in [2.45, 2.75) is 51.1 Å². The molecule has 2 fully saturated rings. The van der Waals surface area contributed by atoms with Crippen LogP contribution in [0.5, 0.6) is 0 Å². The quantitative estimate of drug-likeness (QED) is 0.899. The third kappa shape index (κ3) is 3.00. The Labute approximate surface area is 116 Å². The lowest BCUT2D eigenvalue weighted by molar-refractivity contribution is 0.233. The Morgan fingerprint density at radius 1 is 1.32 bits per heavy atom. The van der Waals surface area contributed by atoms with Gasteiger partial charge in [0.25, 0.3) is 0 Å². The van der Waals surface area contributed by atoms with E-state index in [1.54, 1.807) is 0 Å². The Hall–Kier alpha value is -0.870. The number of hydrogen-bond donors (Lipinski definition) is 1. The number of rotatable bonds is 4. The van der Waals surface area contributed by atoms with Crippen molar-refractivity contribution in [3.05, 3.63) is 18.2 Å². The molecule has 0 spiro atoms. The summed E-state index contributed by atoms with van der Waals surface area (Å²) in [6, 6.07) is 0.636. The van der Waals surface area contributed by atoms with E-state index in [0.717, 1.165) is 19.6 Å². The molecule has 4 nitrogen and oxygen atoms in total. The predicted octanol–water partition coefficient (Wildman–Crippen LogP) is 1.83. The maximum Gasteiger partial charge on any atom is 0.0948 e. The molecule has 2 aliphatic heterocycles. The van der Waals surface area contributed by atoms with Gasteiger partial charge in [-0.05, 0) is 58.8 Å². The van der Waals surface area contributed by atoms with Crippen LogP contribution >= 0.6 is 0 Å². The van der Waals surface area contributed by atoms with Crippen LogP contribution in [0, 0.1) is 0 Å². The molecule has 1 atom stereocenters. The highest BCUT2D eigenvalue weighted by atomic mass is 15.2. The summed E-state index contributed by atoms with van der Waals surface area (Å²) in [5.41, 5.74) is 1.45. The van der Waals surface area contributed by atoms with Gasteiger partial charge in [0.2, 0.25) is 0 Å². The fourth-order valence-corrected chi connectivity index (χ4v) is 3.52. The molecular weight excluding hydrogens is 236 g/mol. The van der Waals surface area contributed by atoms with Gasteiger partial charge in [0.05, 0.1) is 6.33 Å². The first-order valence-corrected chi connectivity index (χ1v) is 7.79. The molecule has 1 unspecified atom stereocenters. The van der Waals surface area contributed by atoms with Crippen LogP contribution in [-0.2, 0) is 6.54 Å². The zero-order valence-corrected chi connectivity index (χ0v) is 12.0. The van der Waals surface area contributed by atoms with Crippen LogP contribution in [0.15, 0.2) is 12.5 Å². The minimum absolute atomic E-state index is 0.636. The van der Waals surface area contributed by atoms with Gasteiger partial charge in [-0.1, -0.05) is 0 Å². The van der Waals surface area contributed by atoms with Gasteiger partial charge in [-0.2, -0.15) is 0 Å². The van der Waals surface area contributed by atoms with E-state index in [1.165, 1.54) is 44.5 Å². The van der Waals surface area contributed by atoms with Gasteiger partial charge in [0, 0.05) is 30.4 Å². The SMILES string of the molecule is CC(Cn1cncc1C1CCNCC1)N1CCCC1. The lowest BCUT2D eigenvalue weighted by Crippen LogP contribution is -2.34. The lowest BCUT2D eigenvalue weighted by Gasteiger charge is -2.27. The van der Waals surface area contributed by atoms with E-state index in [-0.39, 0.29) is 0 Å². The van der Waals surface area contributed by atoms with Gasteiger partial charge in [0.15, 0.2) is 0 Å². The van der Waals surface area contributed by atoms with Gasteiger partial charge in [-0.15, -0.1) is 0 Å². The van der Waals surface area contributed by atoms with Crippen molar-refractivity contribution in [3.8, 4) is 0 Å². The largest absolute Gasteiger partial charge is 0.333 e. The van der Waals surface area contributed by atoms with Crippen molar-refractivity contribution in [1.29, 1.82) is 0 Å². The monoisotopic (exact) mass is 262 g/mol. The summed E-state index contributed by atoms with van der Waals surface area (Å²) >= 11 is 0. The molecule has 1 aromatic rings. The molecule has 1 N–H and O–H groups in total. The number of piperidine rings is 1. The first-order valence-electron chi connectivity index (χ1n) is 7.79. The maximum absolute atomic E-state index is 4.40. The highest BCUT2D eigenvalue weighted by Gasteiger charge is 2.22. The van der Waals surface area contributed by atoms with Crippen LogP contribution in [0.25, 0.3) is 0 Å². The number of imidazole rings is 1. The Bertz CT molecular complexity index is 389. The Kier molecular flexibility index (Phi) is 4.18. The third-order valence-electron chi connectivity index (χ3n) is 4.73. The molecule has 0 aromatic carbocycles. The fourth-order valence-electron chi connectivity index (χ4n) is 3.52. The summed E-state index contributed by atoms with van der Waals surface area (Å²) < 4.78 is 2.40. The van der Waals surface area contributed by atoms with Gasteiger partial charge in [-0.25, -0.2) is 4.98 Å². The second-order valence-electron chi connectivity index (χ2n) is 6.09. The van der Waals surface area contributed by atoms with Crippen molar-refractivity contribution < 1.29 is 0 Å². The van der Waals surface area contributed by atoms with Crippen molar-refractivity contribution in [2.24, 2.45) is 0 Å². The molecule has 0 amide bonds. The summed E-state index contributed by atoms with van der Waals surface area (Å²) in [4.78, 5) is 7.02. The Morgan fingerprint density at radius 3 is 2.79 bits per heavy atom. The van der Waals surface area contributed by atoms with E-state index in [0.29, 0.717) is 12.0 Å². The Balaban J connectivity index is 1.65. The van der Waals surface area contributed by atoms with Crippen LogP contribution < -0.4 is 5.32 Å². The lowest BCUT2D eigenvalue weighted by atomic mass is 9.95. The smallest absolute Gasteiger partial charge is 0.0948 e. The summed E-state index contributed by atoms with van der Waals surface area (Å²) in [5.74, 6) is 0.703. The molecule has 0 radical (unpaired) electrons. The number of likely N-dealkylation sites (tertiary alicyclic amines) is 1. The van der Waals surface area contributed by atoms with Gasteiger partial charge in [0.1, 0.15) is 0 Å². The van der Waals surface area contributed by atoms with Crippen LogP contribution in [0.1, 0.15) is 44.2 Å². The normalized spacial score (nSPS) is 23.8. The average molecular weight is 262 g/mol. The van der Waals surface area contributed by atoms with E-state index in [1.807, 2.05) is 6.33 Å².